The highest BCUT2D eigenvalue weighted by molar-refractivity contribution is 6.01. The number of methoxy groups -OCH3 is 1. The summed E-state index contributed by atoms with van der Waals surface area (Å²) >= 11 is 0. The molecule has 1 saturated carbocycles. The molecule has 0 bridgehead atoms. The van der Waals surface area contributed by atoms with Crippen molar-refractivity contribution in [3.63, 3.8) is 0 Å². The maximum absolute atomic E-state index is 15.1. The van der Waals surface area contributed by atoms with Gasteiger partial charge in [0.05, 0.1) is 11.6 Å². The Morgan fingerprint density at radius 1 is 0.875 bits per heavy atom. The molecule has 2 saturated heterocycles. The summed E-state index contributed by atoms with van der Waals surface area (Å²) in [6.07, 6.45) is 6.52. The first-order chi connectivity index (χ1) is 27.1. The molecular formula is C45H58N4O7. The van der Waals surface area contributed by atoms with Gasteiger partial charge in [-0.05, 0) is 125 Å². The Balaban J connectivity index is 1.14. The van der Waals surface area contributed by atoms with Gasteiger partial charge in [-0.25, -0.2) is 4.79 Å². The van der Waals surface area contributed by atoms with Crippen LogP contribution in [0.5, 0.6) is 11.5 Å². The van der Waals surface area contributed by atoms with Crippen molar-refractivity contribution in [1.82, 2.24) is 9.80 Å². The average molecular weight is 767 g/mol. The van der Waals surface area contributed by atoms with Crippen LogP contribution in [0.1, 0.15) is 77.2 Å². The van der Waals surface area contributed by atoms with Gasteiger partial charge >= 0.3 is 6.09 Å². The van der Waals surface area contributed by atoms with Crippen LogP contribution in [-0.2, 0) is 19.1 Å². The molecule has 4 aliphatic rings. The van der Waals surface area contributed by atoms with Gasteiger partial charge in [-0.15, -0.1) is 0 Å². The van der Waals surface area contributed by atoms with Crippen LogP contribution in [0.4, 0.5) is 16.2 Å². The molecule has 3 amide bonds. The Hall–Kier alpha value is -4.61. The lowest BCUT2D eigenvalue weighted by Gasteiger charge is -2.41. The number of anilines is 2. The van der Waals surface area contributed by atoms with Gasteiger partial charge in [0.1, 0.15) is 23.7 Å². The number of nitrogens with zero attached hydrogens (tertiary/aromatic N) is 4. The lowest BCUT2D eigenvalue weighted by atomic mass is 9.78. The molecule has 1 aliphatic carbocycles. The quantitative estimate of drug-likeness (QED) is 0.165. The van der Waals surface area contributed by atoms with E-state index < -0.39 is 17.6 Å². The lowest BCUT2D eigenvalue weighted by Crippen LogP contribution is -2.51. The molecule has 3 aromatic carbocycles. The summed E-state index contributed by atoms with van der Waals surface area (Å²) in [4.78, 5) is 49.4. The van der Waals surface area contributed by atoms with Crippen LogP contribution in [-0.4, -0.2) is 106 Å². The molecule has 0 radical (unpaired) electrons. The fourth-order valence-corrected chi connectivity index (χ4v) is 8.24. The van der Waals surface area contributed by atoms with Crippen molar-refractivity contribution in [2.45, 2.75) is 83.3 Å². The molecule has 11 nitrogen and oxygen atoms in total. The number of benzene rings is 3. The van der Waals surface area contributed by atoms with Crippen LogP contribution in [0.2, 0.25) is 0 Å². The van der Waals surface area contributed by atoms with Crippen LogP contribution in [0.3, 0.4) is 0 Å². The summed E-state index contributed by atoms with van der Waals surface area (Å²) < 4.78 is 23.0. The molecule has 2 atom stereocenters. The van der Waals surface area contributed by atoms with Gasteiger partial charge in [-0.2, -0.15) is 0 Å². The van der Waals surface area contributed by atoms with Crippen LogP contribution < -0.4 is 19.3 Å². The minimum Gasteiger partial charge on any atom is -0.492 e. The first kappa shape index (κ1) is 39.6. The summed E-state index contributed by atoms with van der Waals surface area (Å²) in [5, 5.41) is 0. The molecule has 3 heterocycles. The maximum Gasteiger partial charge on any atom is 0.410 e. The SMILES string of the molecule is COCCCN1C(=O)COc2ccc(N(C(=O)[C@H]3CN(C(=O)OC(C)(C)C)CC[C@@H]3c3cccc(-c4ccc(OCCN5CCCCC5)cc4)c3)C3CC3)cc21. The van der Waals surface area contributed by atoms with Crippen molar-refractivity contribution in [1.29, 1.82) is 0 Å². The van der Waals surface area contributed by atoms with E-state index in [1.165, 1.54) is 19.3 Å². The van der Waals surface area contributed by atoms with Crippen LogP contribution in [0.15, 0.2) is 66.7 Å². The van der Waals surface area contributed by atoms with Crippen LogP contribution in [0, 0.1) is 5.92 Å². The number of piperidine rings is 2. The topological polar surface area (TPSA) is 101 Å². The molecule has 7 rings (SSSR count). The van der Waals surface area contributed by atoms with Crippen molar-refractivity contribution >= 4 is 29.3 Å². The third kappa shape index (κ3) is 9.66. The number of hydrogen-bond acceptors (Lipinski definition) is 8. The maximum atomic E-state index is 15.1. The number of rotatable bonds is 13. The summed E-state index contributed by atoms with van der Waals surface area (Å²) in [5.41, 5.74) is 3.94. The number of likely N-dealkylation sites (tertiary alicyclic amines) is 2. The highest BCUT2D eigenvalue weighted by Gasteiger charge is 2.44. The summed E-state index contributed by atoms with van der Waals surface area (Å²) in [5.74, 6) is 0.678. The molecule has 3 aliphatic heterocycles. The summed E-state index contributed by atoms with van der Waals surface area (Å²) in [7, 11) is 1.65. The molecule has 0 N–H and O–H groups in total. The van der Waals surface area contributed by atoms with E-state index in [4.69, 9.17) is 18.9 Å². The number of fused-ring (bicyclic) bond motifs is 1. The molecule has 11 heteroatoms. The molecule has 300 valence electrons. The number of carbonyl (C=O) groups excluding carboxylic acids is 3. The molecule has 3 fully saturated rings. The van der Waals surface area contributed by atoms with Gasteiger partial charge in [0.15, 0.2) is 6.61 Å². The zero-order valence-electron chi connectivity index (χ0n) is 33.5. The fourth-order valence-electron chi connectivity index (χ4n) is 8.24. The van der Waals surface area contributed by atoms with E-state index >= 15 is 4.79 Å². The van der Waals surface area contributed by atoms with Crippen molar-refractivity contribution in [3.05, 3.63) is 72.3 Å². The highest BCUT2D eigenvalue weighted by Crippen LogP contribution is 2.43. The van der Waals surface area contributed by atoms with E-state index in [-0.39, 0.29) is 36.9 Å². The normalized spacial score (nSPS) is 20.2. The van der Waals surface area contributed by atoms with E-state index in [1.807, 2.05) is 56.0 Å². The van der Waals surface area contributed by atoms with E-state index in [9.17, 15) is 9.59 Å². The number of carbonyl (C=O) groups is 3. The second kappa shape index (κ2) is 17.7. The van der Waals surface area contributed by atoms with Crippen molar-refractivity contribution in [2.75, 3.05) is 76.0 Å². The predicted molar refractivity (Wildman–Crippen MR) is 218 cm³/mol. The standard InChI is InChI=1S/C45H58N4O7/c1-45(2,3)56-44(52)47-24-20-38(34-11-8-10-33(28-34)32-12-17-37(18-13-32)54-27-25-46-21-6-5-7-22-46)39(30-47)43(51)49(35-14-15-35)36-16-19-41-40(29-36)48(23-9-26-53-4)42(50)31-55-41/h8,10-13,16-19,28-29,35,38-39H,5-7,9,14-15,20-27,30-31H2,1-4H3/t38-,39+/m1/s1. The zero-order chi connectivity index (χ0) is 39.2. The minimum absolute atomic E-state index is 0.0231. The van der Waals surface area contributed by atoms with E-state index in [1.54, 1.807) is 16.9 Å². The van der Waals surface area contributed by atoms with Gasteiger partial charge < -0.3 is 33.6 Å². The third-order valence-electron chi connectivity index (χ3n) is 11.3. The second-order valence-electron chi connectivity index (χ2n) is 16.6. The summed E-state index contributed by atoms with van der Waals surface area (Å²) in [6.45, 7) is 11.2. The van der Waals surface area contributed by atoms with Gasteiger partial charge in [0.2, 0.25) is 5.91 Å². The lowest BCUT2D eigenvalue weighted by molar-refractivity contribution is -0.124. The Morgan fingerprint density at radius 2 is 1.66 bits per heavy atom. The second-order valence-corrected chi connectivity index (χ2v) is 16.6. The van der Waals surface area contributed by atoms with Crippen LogP contribution in [0.25, 0.3) is 11.1 Å². The molecule has 0 unspecified atom stereocenters. The number of hydrogen-bond donors (Lipinski definition) is 0. The number of amides is 3. The van der Waals surface area contributed by atoms with E-state index in [0.717, 1.165) is 60.6 Å². The third-order valence-corrected chi connectivity index (χ3v) is 11.3. The molecule has 0 spiro atoms. The Labute approximate surface area is 331 Å². The van der Waals surface area contributed by atoms with Gasteiger partial charge in [-0.3, -0.25) is 14.5 Å². The van der Waals surface area contributed by atoms with Gasteiger partial charge in [0.25, 0.3) is 5.91 Å². The molecule has 0 aromatic heterocycles. The first-order valence-corrected chi connectivity index (χ1v) is 20.5. The molecule has 3 aromatic rings. The summed E-state index contributed by atoms with van der Waals surface area (Å²) in [6, 6.07) is 22.5. The molecular weight excluding hydrogens is 709 g/mol. The Kier molecular flexibility index (Phi) is 12.5. The molecule has 56 heavy (non-hydrogen) atoms. The van der Waals surface area contributed by atoms with E-state index in [0.29, 0.717) is 50.6 Å². The monoisotopic (exact) mass is 766 g/mol. The average Bonchev–Trinajstić information content (AvgIpc) is 4.04. The number of ether oxygens (including phenoxy) is 4. The predicted octanol–water partition coefficient (Wildman–Crippen LogP) is 7.52. The van der Waals surface area contributed by atoms with Crippen LogP contribution >= 0.6 is 0 Å². The van der Waals surface area contributed by atoms with Gasteiger partial charge in [0, 0.05) is 51.6 Å². The van der Waals surface area contributed by atoms with Gasteiger partial charge in [-0.1, -0.05) is 42.8 Å². The Morgan fingerprint density at radius 3 is 2.39 bits per heavy atom. The largest absolute Gasteiger partial charge is 0.492 e. The van der Waals surface area contributed by atoms with Crippen molar-refractivity contribution < 1.29 is 33.3 Å². The van der Waals surface area contributed by atoms with E-state index in [2.05, 4.69) is 41.3 Å². The minimum atomic E-state index is -0.659. The van der Waals surface area contributed by atoms with Crippen molar-refractivity contribution in [2.24, 2.45) is 5.92 Å². The Bertz CT molecular complexity index is 1830. The highest BCUT2D eigenvalue weighted by atomic mass is 16.6. The fraction of sp³-hybridized carbons (Fsp3) is 0.533. The first-order valence-electron chi connectivity index (χ1n) is 20.5. The zero-order valence-corrected chi connectivity index (χ0v) is 33.5. The van der Waals surface area contributed by atoms with Crippen molar-refractivity contribution in [3.8, 4) is 22.6 Å². The smallest absolute Gasteiger partial charge is 0.410 e.